The van der Waals surface area contributed by atoms with E-state index in [2.05, 4.69) is 4.98 Å². The van der Waals surface area contributed by atoms with Crippen molar-refractivity contribution in [2.45, 2.75) is 19.9 Å². The van der Waals surface area contributed by atoms with Crippen LogP contribution in [-0.4, -0.2) is 86.1 Å². The van der Waals surface area contributed by atoms with E-state index in [1.54, 1.807) is 32.0 Å². The zero-order valence-corrected chi connectivity index (χ0v) is 21.0. The van der Waals surface area contributed by atoms with Crippen LogP contribution in [0.15, 0.2) is 23.8 Å². The fraction of sp³-hybridized carbons (Fsp3) is 0.400. The third-order valence-electron chi connectivity index (χ3n) is 6.12. The van der Waals surface area contributed by atoms with Gasteiger partial charge in [-0.05, 0) is 51.2 Å². The number of hydrogen-bond acceptors (Lipinski definition) is 8. The molecule has 0 bridgehead atoms. The van der Waals surface area contributed by atoms with Gasteiger partial charge in [-0.3, -0.25) is 9.59 Å². The molecule has 1 unspecified atom stereocenters. The van der Waals surface area contributed by atoms with Crippen molar-refractivity contribution in [1.29, 1.82) is 0 Å². The number of aryl methyl sites for hydroxylation is 1. The number of likely N-dealkylation sites (N-methyl/N-ethyl adjacent to an activating group) is 1. The average molecular weight is 486 g/mol. The first-order valence-corrected chi connectivity index (χ1v) is 11.0. The summed E-state index contributed by atoms with van der Waals surface area (Å²) in [7, 11) is 7.99. The highest BCUT2D eigenvalue weighted by Crippen LogP contribution is 2.42. The molecule has 10 nitrogen and oxygen atoms in total. The Hall–Kier alpha value is -3.79. The van der Waals surface area contributed by atoms with Crippen LogP contribution in [0.1, 0.15) is 38.9 Å². The molecule has 0 spiro atoms. The molecule has 2 N–H and O–H groups in total. The molecule has 1 aromatic carbocycles. The first-order chi connectivity index (χ1) is 16.6. The maximum atomic E-state index is 13.3. The van der Waals surface area contributed by atoms with E-state index in [1.807, 2.05) is 19.0 Å². The van der Waals surface area contributed by atoms with E-state index in [0.717, 1.165) is 0 Å². The van der Waals surface area contributed by atoms with Crippen LogP contribution >= 0.6 is 0 Å². The molecular weight excluding hydrogens is 454 g/mol. The topological polar surface area (TPSA) is 121 Å². The maximum absolute atomic E-state index is 13.3. The van der Waals surface area contributed by atoms with Gasteiger partial charge in [0.1, 0.15) is 11.5 Å². The van der Waals surface area contributed by atoms with E-state index < -0.39 is 23.7 Å². The molecule has 35 heavy (non-hydrogen) atoms. The summed E-state index contributed by atoms with van der Waals surface area (Å²) in [6.07, 6.45) is 0. The van der Waals surface area contributed by atoms with Crippen molar-refractivity contribution in [3.8, 4) is 11.5 Å². The third kappa shape index (κ3) is 4.61. The molecule has 3 rings (SSSR count). The number of methoxy groups -OCH3 is 3. The monoisotopic (exact) mass is 485 g/mol. The van der Waals surface area contributed by atoms with Crippen molar-refractivity contribution in [3.63, 3.8) is 0 Å². The van der Waals surface area contributed by atoms with Gasteiger partial charge in [0.25, 0.3) is 11.7 Å². The minimum Gasteiger partial charge on any atom is -0.507 e. The van der Waals surface area contributed by atoms with E-state index in [9.17, 15) is 19.5 Å². The largest absolute Gasteiger partial charge is 0.507 e. The highest BCUT2D eigenvalue weighted by Gasteiger charge is 2.46. The number of esters is 1. The molecule has 1 aromatic heterocycles. The summed E-state index contributed by atoms with van der Waals surface area (Å²) in [6.45, 7) is 4.07. The molecule has 1 saturated heterocycles. The zero-order valence-electron chi connectivity index (χ0n) is 21.0. The number of ether oxygens (including phenoxy) is 3. The van der Waals surface area contributed by atoms with E-state index >= 15 is 0 Å². The predicted molar refractivity (Wildman–Crippen MR) is 129 cm³/mol. The Morgan fingerprint density at radius 1 is 1.11 bits per heavy atom. The van der Waals surface area contributed by atoms with Crippen LogP contribution < -0.4 is 9.47 Å². The Balaban J connectivity index is 2.26. The molecule has 1 fully saturated rings. The van der Waals surface area contributed by atoms with Crippen molar-refractivity contribution in [1.82, 2.24) is 14.8 Å². The molecule has 2 heterocycles. The molecule has 2 aromatic rings. The Labute approximate surface area is 204 Å². The minimum absolute atomic E-state index is 0.0670. The van der Waals surface area contributed by atoms with Gasteiger partial charge >= 0.3 is 5.97 Å². The Bertz CT molecular complexity index is 1200. The van der Waals surface area contributed by atoms with Crippen molar-refractivity contribution >= 4 is 23.4 Å². The summed E-state index contributed by atoms with van der Waals surface area (Å²) >= 11 is 0. The first-order valence-electron chi connectivity index (χ1n) is 11.0. The molecule has 1 aliphatic heterocycles. The summed E-state index contributed by atoms with van der Waals surface area (Å²) in [5, 5.41) is 11.4. The van der Waals surface area contributed by atoms with Crippen LogP contribution in [0.3, 0.4) is 0 Å². The Morgan fingerprint density at radius 3 is 2.34 bits per heavy atom. The van der Waals surface area contributed by atoms with Gasteiger partial charge in [0.2, 0.25) is 0 Å². The van der Waals surface area contributed by atoms with Gasteiger partial charge in [-0.2, -0.15) is 0 Å². The number of likely N-dealkylation sites (tertiary alicyclic amines) is 1. The number of rotatable bonds is 8. The number of H-pyrrole nitrogens is 1. The van der Waals surface area contributed by atoms with Crippen molar-refractivity contribution in [2.75, 3.05) is 48.5 Å². The lowest BCUT2D eigenvalue weighted by atomic mass is 9.93. The van der Waals surface area contributed by atoms with Crippen LogP contribution in [0.25, 0.3) is 5.76 Å². The number of carbonyl (C=O) groups excluding carboxylic acids is 3. The summed E-state index contributed by atoms with van der Waals surface area (Å²) in [5.41, 5.74) is 1.82. The molecule has 0 saturated carbocycles. The molecule has 1 amide bonds. The number of benzene rings is 1. The lowest BCUT2D eigenvalue weighted by Gasteiger charge is -2.27. The standard InChI is InChI=1S/C25H31N3O7/c1-13-18(14(2)26-20(13)25(32)35-7)22(29)19-21(15-8-9-16(33-5)17(12-15)34-6)28(11-10-27(3)4)24(31)23(19)30/h8-9,12,21,26,29H,10-11H2,1-7H3/b22-19+. The van der Waals surface area contributed by atoms with Crippen LogP contribution in [0, 0.1) is 13.8 Å². The number of aromatic amines is 1. The van der Waals surface area contributed by atoms with Crippen molar-refractivity contribution < 1.29 is 33.7 Å². The van der Waals surface area contributed by atoms with E-state index in [4.69, 9.17) is 14.2 Å². The summed E-state index contributed by atoms with van der Waals surface area (Å²) in [5.74, 6) is -1.58. The summed E-state index contributed by atoms with van der Waals surface area (Å²) in [6, 6.07) is 4.22. The molecule has 188 valence electrons. The second kappa shape index (κ2) is 10.2. The predicted octanol–water partition coefficient (Wildman–Crippen LogP) is 2.42. The lowest BCUT2D eigenvalue weighted by molar-refractivity contribution is -0.140. The molecule has 10 heteroatoms. The van der Waals surface area contributed by atoms with Gasteiger partial charge in [-0.25, -0.2) is 4.79 Å². The van der Waals surface area contributed by atoms with Crippen molar-refractivity contribution in [2.24, 2.45) is 0 Å². The first kappa shape index (κ1) is 25.8. The zero-order chi connectivity index (χ0) is 26.0. The Morgan fingerprint density at radius 2 is 1.77 bits per heavy atom. The number of aliphatic hydroxyl groups excluding tert-OH is 1. The second-order valence-corrected chi connectivity index (χ2v) is 8.53. The van der Waals surface area contributed by atoms with Gasteiger partial charge in [-0.15, -0.1) is 0 Å². The number of carbonyl (C=O) groups is 3. The molecular formula is C25H31N3O7. The fourth-order valence-electron chi connectivity index (χ4n) is 4.33. The second-order valence-electron chi connectivity index (χ2n) is 8.53. The van der Waals surface area contributed by atoms with Gasteiger partial charge in [0.05, 0.1) is 32.9 Å². The number of Topliss-reactive ketones (excluding diaryl/α,β-unsaturated/α-hetero) is 1. The number of nitrogens with zero attached hydrogens (tertiary/aromatic N) is 2. The summed E-state index contributed by atoms with van der Waals surface area (Å²) in [4.78, 5) is 44.8. The number of ketones is 1. The number of aliphatic hydroxyl groups is 1. The van der Waals surface area contributed by atoms with E-state index in [1.165, 1.54) is 26.2 Å². The van der Waals surface area contributed by atoms with Gasteiger partial charge in [0.15, 0.2) is 11.5 Å². The quantitative estimate of drug-likeness (QED) is 0.253. The highest BCUT2D eigenvalue weighted by atomic mass is 16.5. The van der Waals surface area contributed by atoms with Crippen LogP contribution in [0.2, 0.25) is 0 Å². The normalized spacial score (nSPS) is 17.3. The lowest BCUT2D eigenvalue weighted by Crippen LogP contribution is -2.35. The SMILES string of the molecule is COC(=O)c1[nH]c(C)c(/C(O)=C2\C(=O)C(=O)N(CCN(C)C)C2c2ccc(OC)c(OC)c2)c1C. The molecule has 1 aliphatic rings. The molecule has 1 atom stereocenters. The number of aromatic nitrogens is 1. The van der Waals surface area contributed by atoms with Gasteiger partial charge in [-0.1, -0.05) is 6.07 Å². The molecule has 0 radical (unpaired) electrons. The fourth-order valence-corrected chi connectivity index (χ4v) is 4.33. The number of hydrogen-bond donors (Lipinski definition) is 2. The third-order valence-corrected chi connectivity index (χ3v) is 6.12. The van der Waals surface area contributed by atoms with Crippen LogP contribution in [0.5, 0.6) is 11.5 Å². The van der Waals surface area contributed by atoms with E-state index in [-0.39, 0.29) is 29.1 Å². The van der Waals surface area contributed by atoms with Gasteiger partial charge in [0, 0.05) is 24.3 Å². The van der Waals surface area contributed by atoms with E-state index in [0.29, 0.717) is 34.9 Å². The minimum atomic E-state index is -0.870. The van der Waals surface area contributed by atoms with Crippen molar-refractivity contribution in [3.05, 3.63) is 51.9 Å². The van der Waals surface area contributed by atoms with Crippen LogP contribution in [0.4, 0.5) is 0 Å². The Kier molecular flexibility index (Phi) is 7.54. The molecule has 0 aliphatic carbocycles. The van der Waals surface area contributed by atoms with Crippen LogP contribution in [-0.2, 0) is 14.3 Å². The smallest absolute Gasteiger partial charge is 0.354 e. The maximum Gasteiger partial charge on any atom is 0.354 e. The number of nitrogens with one attached hydrogen (secondary N) is 1. The summed E-state index contributed by atoms with van der Waals surface area (Å²) < 4.78 is 15.6. The van der Waals surface area contributed by atoms with Gasteiger partial charge < -0.3 is 34.1 Å². The number of amides is 1. The highest BCUT2D eigenvalue weighted by molar-refractivity contribution is 6.46. The average Bonchev–Trinajstić information content (AvgIpc) is 3.28.